The van der Waals surface area contributed by atoms with Gasteiger partial charge in [0.2, 0.25) is 0 Å². The summed E-state index contributed by atoms with van der Waals surface area (Å²) in [6.07, 6.45) is 86.7. The molecule has 1 unspecified atom stereocenters. The Balaban J connectivity index is 4.14. The number of unbranched alkanes of at least 4 members (excludes halogenated alkanes) is 39. The molecular formula is C72H128O6. The topological polar surface area (TPSA) is 78.9 Å². The Bertz CT molecular complexity index is 1440. The van der Waals surface area contributed by atoms with E-state index in [0.717, 1.165) is 116 Å². The molecule has 78 heavy (non-hydrogen) atoms. The van der Waals surface area contributed by atoms with Crippen molar-refractivity contribution < 1.29 is 28.6 Å². The van der Waals surface area contributed by atoms with Crippen molar-refractivity contribution in [1.82, 2.24) is 0 Å². The van der Waals surface area contributed by atoms with E-state index in [4.69, 9.17) is 14.2 Å². The first kappa shape index (κ1) is 74.8. The highest BCUT2D eigenvalue weighted by Crippen LogP contribution is 2.18. The number of carbonyl (C=O) groups excluding carboxylic acids is 3. The fraction of sp³-hybridized carbons (Fsp3) is 0.792. The predicted octanol–water partition coefficient (Wildman–Crippen LogP) is 23.3. The Morgan fingerprint density at radius 3 is 0.859 bits per heavy atom. The van der Waals surface area contributed by atoms with E-state index >= 15 is 0 Å². The summed E-state index contributed by atoms with van der Waals surface area (Å²) in [4.78, 5) is 38.2. The quantitative estimate of drug-likeness (QED) is 0.0261. The monoisotopic (exact) mass is 1090 g/mol. The van der Waals surface area contributed by atoms with Gasteiger partial charge in [-0.1, -0.05) is 318 Å². The SMILES string of the molecule is CC/C=C\C/C=C\C/C=C\C/C=C\C/C=C\CCCCCC(=O)OC(COC(=O)CCCCCCC/C=C\CCC)COC(=O)CCCCCCCCCCCCCCCCCCCCCCCCCCCCCCCCC. The lowest BCUT2D eigenvalue weighted by molar-refractivity contribution is -0.167. The number of hydrogen-bond donors (Lipinski definition) is 0. The van der Waals surface area contributed by atoms with Crippen molar-refractivity contribution in [2.75, 3.05) is 13.2 Å². The molecule has 0 saturated heterocycles. The number of carbonyl (C=O) groups is 3. The lowest BCUT2D eigenvalue weighted by Crippen LogP contribution is -2.30. The first-order chi connectivity index (χ1) is 38.5. The summed E-state index contributed by atoms with van der Waals surface area (Å²) in [6, 6.07) is 0. The Morgan fingerprint density at radius 1 is 0.269 bits per heavy atom. The molecule has 0 bridgehead atoms. The zero-order valence-electron chi connectivity index (χ0n) is 51.9. The van der Waals surface area contributed by atoms with E-state index in [-0.39, 0.29) is 37.5 Å². The molecule has 0 heterocycles. The van der Waals surface area contributed by atoms with Crippen LogP contribution in [-0.4, -0.2) is 37.2 Å². The molecule has 452 valence electrons. The summed E-state index contributed by atoms with van der Waals surface area (Å²) in [5.74, 6) is -0.919. The maximum Gasteiger partial charge on any atom is 0.306 e. The third kappa shape index (κ3) is 63.7. The number of hydrogen-bond acceptors (Lipinski definition) is 6. The zero-order chi connectivity index (χ0) is 56.4. The molecule has 0 saturated carbocycles. The molecule has 6 heteroatoms. The van der Waals surface area contributed by atoms with Gasteiger partial charge in [-0.25, -0.2) is 0 Å². The van der Waals surface area contributed by atoms with Crippen molar-refractivity contribution >= 4 is 17.9 Å². The lowest BCUT2D eigenvalue weighted by atomic mass is 10.0. The van der Waals surface area contributed by atoms with Gasteiger partial charge in [0.1, 0.15) is 13.2 Å². The van der Waals surface area contributed by atoms with Crippen LogP contribution in [0.2, 0.25) is 0 Å². The van der Waals surface area contributed by atoms with E-state index in [1.54, 1.807) is 0 Å². The molecule has 0 aromatic rings. The Morgan fingerprint density at radius 2 is 0.526 bits per heavy atom. The van der Waals surface area contributed by atoms with Crippen LogP contribution in [0.3, 0.4) is 0 Å². The second-order valence-electron chi connectivity index (χ2n) is 22.7. The normalized spacial score (nSPS) is 12.5. The van der Waals surface area contributed by atoms with Crippen LogP contribution in [0.1, 0.15) is 348 Å². The van der Waals surface area contributed by atoms with Crippen LogP contribution in [-0.2, 0) is 28.6 Å². The van der Waals surface area contributed by atoms with Crippen molar-refractivity contribution in [3.05, 3.63) is 72.9 Å². The van der Waals surface area contributed by atoms with Gasteiger partial charge in [-0.15, -0.1) is 0 Å². The summed E-state index contributed by atoms with van der Waals surface area (Å²) in [6.45, 7) is 6.47. The highest BCUT2D eigenvalue weighted by molar-refractivity contribution is 5.71. The number of esters is 3. The largest absolute Gasteiger partial charge is 0.462 e. The minimum atomic E-state index is -0.796. The van der Waals surface area contributed by atoms with E-state index < -0.39 is 6.10 Å². The molecule has 0 aromatic carbocycles. The third-order valence-corrected chi connectivity index (χ3v) is 14.9. The van der Waals surface area contributed by atoms with Gasteiger partial charge in [-0.2, -0.15) is 0 Å². The van der Waals surface area contributed by atoms with Crippen LogP contribution < -0.4 is 0 Å². The molecule has 0 N–H and O–H groups in total. The highest BCUT2D eigenvalue weighted by atomic mass is 16.6. The minimum Gasteiger partial charge on any atom is -0.462 e. The molecule has 0 amide bonds. The van der Waals surface area contributed by atoms with E-state index in [1.807, 2.05) is 0 Å². The number of ether oxygens (including phenoxy) is 3. The first-order valence-corrected chi connectivity index (χ1v) is 33.9. The second-order valence-corrected chi connectivity index (χ2v) is 22.7. The van der Waals surface area contributed by atoms with Crippen LogP contribution >= 0.6 is 0 Å². The molecule has 0 spiro atoms. The summed E-state index contributed by atoms with van der Waals surface area (Å²) < 4.78 is 16.9. The van der Waals surface area contributed by atoms with Crippen LogP contribution in [0.15, 0.2) is 72.9 Å². The molecule has 0 rings (SSSR count). The van der Waals surface area contributed by atoms with Gasteiger partial charge >= 0.3 is 17.9 Å². The molecule has 1 atom stereocenters. The highest BCUT2D eigenvalue weighted by Gasteiger charge is 2.19. The molecule has 0 fully saturated rings. The molecule has 0 aliphatic heterocycles. The Labute approximate surface area is 484 Å². The molecule has 0 aliphatic rings. The predicted molar refractivity (Wildman–Crippen MR) is 339 cm³/mol. The molecule has 6 nitrogen and oxygen atoms in total. The molecular weight excluding hydrogens is 961 g/mol. The molecule has 0 radical (unpaired) electrons. The van der Waals surface area contributed by atoms with Crippen molar-refractivity contribution in [3.63, 3.8) is 0 Å². The fourth-order valence-electron chi connectivity index (χ4n) is 9.89. The molecule has 0 aromatic heterocycles. The molecule has 0 aliphatic carbocycles. The van der Waals surface area contributed by atoms with Crippen molar-refractivity contribution in [3.8, 4) is 0 Å². The average Bonchev–Trinajstić information content (AvgIpc) is 3.44. The maximum atomic E-state index is 12.9. The summed E-state index contributed by atoms with van der Waals surface area (Å²) in [7, 11) is 0. The smallest absolute Gasteiger partial charge is 0.306 e. The first-order valence-electron chi connectivity index (χ1n) is 33.9. The van der Waals surface area contributed by atoms with Crippen LogP contribution in [0.4, 0.5) is 0 Å². The third-order valence-electron chi connectivity index (χ3n) is 14.9. The maximum absolute atomic E-state index is 12.9. The van der Waals surface area contributed by atoms with E-state index in [1.165, 1.54) is 193 Å². The summed E-state index contributed by atoms with van der Waals surface area (Å²) in [5.41, 5.74) is 0. The van der Waals surface area contributed by atoms with Gasteiger partial charge in [0.25, 0.3) is 0 Å². The minimum absolute atomic E-state index is 0.0890. The van der Waals surface area contributed by atoms with Crippen molar-refractivity contribution in [1.29, 1.82) is 0 Å². The summed E-state index contributed by atoms with van der Waals surface area (Å²) in [5, 5.41) is 0. The number of allylic oxidation sites excluding steroid dienone is 12. The average molecular weight is 1090 g/mol. The van der Waals surface area contributed by atoms with Crippen LogP contribution in [0.5, 0.6) is 0 Å². The Kier molecular flexibility index (Phi) is 63.7. The summed E-state index contributed by atoms with van der Waals surface area (Å²) >= 11 is 0. The lowest BCUT2D eigenvalue weighted by Gasteiger charge is -2.18. The van der Waals surface area contributed by atoms with Gasteiger partial charge in [0.05, 0.1) is 0 Å². The van der Waals surface area contributed by atoms with Gasteiger partial charge in [-0.05, 0) is 83.5 Å². The van der Waals surface area contributed by atoms with E-state index in [2.05, 4.69) is 93.7 Å². The second kappa shape index (κ2) is 66.4. The van der Waals surface area contributed by atoms with Gasteiger partial charge in [0, 0.05) is 19.3 Å². The van der Waals surface area contributed by atoms with Gasteiger partial charge in [0.15, 0.2) is 6.10 Å². The van der Waals surface area contributed by atoms with Gasteiger partial charge < -0.3 is 14.2 Å². The van der Waals surface area contributed by atoms with Crippen LogP contribution in [0.25, 0.3) is 0 Å². The van der Waals surface area contributed by atoms with Gasteiger partial charge in [-0.3, -0.25) is 14.4 Å². The Hall–Kier alpha value is -3.15. The standard InChI is InChI=1S/C72H128O6/c1-4-7-10-13-16-19-22-24-26-28-30-31-32-33-34-35-36-37-38-39-40-41-43-44-46-48-50-53-56-59-62-65-71(74)77-68-69(67-76-70(73)64-61-58-55-52-21-18-15-12-9-6-3)78-72(75)66-63-60-57-54-51-49-47-45-42-29-27-25-23-20-17-14-11-8-5-2/h8,11-12,15,17,20,25,27,42,45,49,51,69H,4-7,9-10,13-14,16,18-19,21-24,26,28-41,43-44,46-48,50,52-68H2,1-3H3/b11-8-,15-12-,20-17-,27-25-,45-42-,51-49-. The van der Waals surface area contributed by atoms with Crippen molar-refractivity contribution in [2.24, 2.45) is 0 Å². The zero-order valence-corrected chi connectivity index (χ0v) is 51.9. The van der Waals surface area contributed by atoms with Crippen LogP contribution in [0, 0.1) is 0 Å². The van der Waals surface area contributed by atoms with E-state index in [0.29, 0.717) is 12.8 Å². The van der Waals surface area contributed by atoms with E-state index in [9.17, 15) is 14.4 Å². The van der Waals surface area contributed by atoms with Crippen molar-refractivity contribution in [2.45, 2.75) is 354 Å². The number of rotatable bonds is 62. The fourth-order valence-corrected chi connectivity index (χ4v) is 9.89.